The highest BCUT2D eigenvalue weighted by Gasteiger charge is 2.00. The summed E-state index contributed by atoms with van der Waals surface area (Å²) in [6.07, 6.45) is 3.07. The van der Waals surface area contributed by atoms with E-state index < -0.39 is 0 Å². The first-order chi connectivity index (χ1) is 6.76. The van der Waals surface area contributed by atoms with Crippen LogP contribution in [-0.2, 0) is 6.42 Å². The average molecular weight is 194 g/mol. The van der Waals surface area contributed by atoms with Gasteiger partial charge in [-0.15, -0.1) is 0 Å². The molecule has 0 fully saturated rings. The minimum atomic E-state index is 0.711. The summed E-state index contributed by atoms with van der Waals surface area (Å²) in [5, 5.41) is 0. The van der Waals surface area contributed by atoms with Gasteiger partial charge in [-0.05, 0) is 13.3 Å². The van der Waals surface area contributed by atoms with Gasteiger partial charge in [-0.2, -0.15) is 4.98 Å². The molecule has 1 aromatic rings. The predicted octanol–water partition coefficient (Wildman–Crippen LogP) is 2.53. The van der Waals surface area contributed by atoms with Crippen LogP contribution in [0.5, 0.6) is 5.88 Å². The molecule has 0 aliphatic rings. The van der Waals surface area contributed by atoms with Crippen LogP contribution in [0.3, 0.4) is 0 Å². The Bertz CT molecular complexity index is 287. The minimum absolute atomic E-state index is 0.711. The molecule has 0 radical (unpaired) electrons. The van der Waals surface area contributed by atoms with E-state index in [1.54, 1.807) is 0 Å². The highest BCUT2D eigenvalue weighted by atomic mass is 16.5. The molecule has 0 spiro atoms. The summed E-state index contributed by atoms with van der Waals surface area (Å²) in [4.78, 5) is 8.58. The summed E-state index contributed by atoms with van der Waals surface area (Å²) in [5.41, 5.74) is 0.975. The molecule has 0 atom stereocenters. The summed E-state index contributed by atoms with van der Waals surface area (Å²) < 4.78 is 5.52. The molecule has 1 rings (SSSR count). The molecule has 3 nitrogen and oxygen atoms in total. The molecule has 1 aromatic heterocycles. The van der Waals surface area contributed by atoms with Gasteiger partial charge >= 0.3 is 0 Å². The quantitative estimate of drug-likeness (QED) is 0.675. The molecule has 0 saturated heterocycles. The maximum absolute atomic E-state index is 5.52. The van der Waals surface area contributed by atoms with Crippen molar-refractivity contribution in [3.63, 3.8) is 0 Å². The topological polar surface area (TPSA) is 35.0 Å². The molecule has 14 heavy (non-hydrogen) atoms. The van der Waals surface area contributed by atoms with Crippen LogP contribution in [-0.4, -0.2) is 16.6 Å². The molecule has 1 heterocycles. The van der Waals surface area contributed by atoms with Gasteiger partial charge in [0, 0.05) is 18.2 Å². The molecule has 78 valence electrons. The number of aryl methyl sites for hydroxylation is 2. The van der Waals surface area contributed by atoms with E-state index in [4.69, 9.17) is 4.74 Å². The highest BCUT2D eigenvalue weighted by molar-refractivity contribution is 5.15. The number of ether oxygens (including phenoxy) is 1. The standard InChI is InChI=1S/C11H18N2O/c1-4-6-7-14-11-8-9(3)12-10(5-2)13-11/h8H,4-7H2,1-3H3. The fraction of sp³-hybridized carbons (Fsp3) is 0.636. The van der Waals surface area contributed by atoms with E-state index >= 15 is 0 Å². The average Bonchev–Trinajstić information content (AvgIpc) is 2.17. The lowest BCUT2D eigenvalue weighted by Crippen LogP contribution is -2.02. The van der Waals surface area contributed by atoms with Crippen LogP contribution in [0.2, 0.25) is 0 Å². The van der Waals surface area contributed by atoms with Crippen LogP contribution in [0, 0.1) is 6.92 Å². The normalized spacial score (nSPS) is 10.2. The third-order valence-electron chi connectivity index (χ3n) is 1.94. The molecule has 0 bridgehead atoms. The lowest BCUT2D eigenvalue weighted by molar-refractivity contribution is 0.296. The van der Waals surface area contributed by atoms with Gasteiger partial charge in [-0.3, -0.25) is 0 Å². The maximum atomic E-state index is 5.52. The zero-order valence-electron chi connectivity index (χ0n) is 9.21. The van der Waals surface area contributed by atoms with Gasteiger partial charge < -0.3 is 4.74 Å². The largest absolute Gasteiger partial charge is 0.478 e. The summed E-state index contributed by atoms with van der Waals surface area (Å²) in [6.45, 7) is 6.90. The molecule has 0 aliphatic heterocycles. The van der Waals surface area contributed by atoms with E-state index in [0.717, 1.165) is 37.4 Å². The first kappa shape index (κ1) is 11.0. The minimum Gasteiger partial charge on any atom is -0.478 e. The monoisotopic (exact) mass is 194 g/mol. The van der Waals surface area contributed by atoms with Crippen molar-refractivity contribution in [1.82, 2.24) is 9.97 Å². The number of unbranched alkanes of at least 4 members (excludes halogenated alkanes) is 1. The van der Waals surface area contributed by atoms with Gasteiger partial charge in [-0.25, -0.2) is 4.98 Å². The van der Waals surface area contributed by atoms with Gasteiger partial charge in [0.15, 0.2) is 0 Å². The Hall–Kier alpha value is -1.12. The van der Waals surface area contributed by atoms with E-state index in [1.807, 2.05) is 19.9 Å². The molecule has 0 aromatic carbocycles. The second kappa shape index (κ2) is 5.58. The van der Waals surface area contributed by atoms with Crippen LogP contribution in [0.1, 0.15) is 38.2 Å². The first-order valence-electron chi connectivity index (χ1n) is 5.23. The van der Waals surface area contributed by atoms with E-state index in [2.05, 4.69) is 16.9 Å². The van der Waals surface area contributed by atoms with E-state index in [1.165, 1.54) is 0 Å². The lowest BCUT2D eigenvalue weighted by atomic mass is 10.3. The van der Waals surface area contributed by atoms with Gasteiger partial charge in [0.05, 0.1) is 6.61 Å². The van der Waals surface area contributed by atoms with Gasteiger partial charge in [0.25, 0.3) is 0 Å². The van der Waals surface area contributed by atoms with Crippen molar-refractivity contribution in [3.05, 3.63) is 17.6 Å². The van der Waals surface area contributed by atoms with Crippen molar-refractivity contribution in [2.24, 2.45) is 0 Å². The molecular formula is C11H18N2O. The number of hydrogen-bond donors (Lipinski definition) is 0. The third kappa shape index (κ3) is 3.32. The Morgan fingerprint density at radius 3 is 2.71 bits per heavy atom. The Morgan fingerprint density at radius 2 is 2.07 bits per heavy atom. The third-order valence-corrected chi connectivity index (χ3v) is 1.94. The van der Waals surface area contributed by atoms with Crippen molar-refractivity contribution in [2.75, 3.05) is 6.61 Å². The molecule has 0 saturated carbocycles. The SMILES string of the molecule is CCCCOc1cc(C)nc(CC)n1. The second-order valence-corrected chi connectivity index (χ2v) is 3.32. The second-order valence-electron chi connectivity index (χ2n) is 3.32. The Labute approximate surface area is 85.5 Å². The van der Waals surface area contributed by atoms with Crippen LogP contribution in [0.4, 0.5) is 0 Å². The van der Waals surface area contributed by atoms with Crippen LogP contribution < -0.4 is 4.74 Å². The molecule has 0 amide bonds. The lowest BCUT2D eigenvalue weighted by Gasteiger charge is -2.06. The van der Waals surface area contributed by atoms with Crippen molar-refractivity contribution >= 4 is 0 Å². The molecule has 0 N–H and O–H groups in total. The molecule has 0 aliphatic carbocycles. The van der Waals surface area contributed by atoms with Gasteiger partial charge in [-0.1, -0.05) is 20.3 Å². The Morgan fingerprint density at radius 1 is 1.29 bits per heavy atom. The van der Waals surface area contributed by atoms with Crippen molar-refractivity contribution in [2.45, 2.75) is 40.0 Å². The van der Waals surface area contributed by atoms with Crippen LogP contribution >= 0.6 is 0 Å². The number of rotatable bonds is 5. The van der Waals surface area contributed by atoms with Crippen molar-refractivity contribution < 1.29 is 4.74 Å². The predicted molar refractivity (Wildman–Crippen MR) is 56.6 cm³/mol. The van der Waals surface area contributed by atoms with Crippen molar-refractivity contribution in [3.8, 4) is 5.88 Å². The molecular weight excluding hydrogens is 176 g/mol. The van der Waals surface area contributed by atoms with Crippen molar-refractivity contribution in [1.29, 1.82) is 0 Å². The van der Waals surface area contributed by atoms with Gasteiger partial charge in [0.1, 0.15) is 5.82 Å². The summed E-state index contributed by atoms with van der Waals surface area (Å²) in [5.74, 6) is 1.57. The Kier molecular flexibility index (Phi) is 4.36. The smallest absolute Gasteiger partial charge is 0.216 e. The van der Waals surface area contributed by atoms with Crippen LogP contribution in [0.15, 0.2) is 6.07 Å². The summed E-state index contributed by atoms with van der Waals surface area (Å²) >= 11 is 0. The fourth-order valence-electron chi connectivity index (χ4n) is 1.15. The van der Waals surface area contributed by atoms with E-state index in [9.17, 15) is 0 Å². The molecule has 3 heteroatoms. The fourth-order valence-corrected chi connectivity index (χ4v) is 1.15. The zero-order valence-corrected chi connectivity index (χ0v) is 9.21. The van der Waals surface area contributed by atoms with Crippen LogP contribution in [0.25, 0.3) is 0 Å². The van der Waals surface area contributed by atoms with E-state index in [0.29, 0.717) is 5.88 Å². The zero-order chi connectivity index (χ0) is 10.4. The Balaban J connectivity index is 2.62. The van der Waals surface area contributed by atoms with E-state index in [-0.39, 0.29) is 0 Å². The summed E-state index contributed by atoms with van der Waals surface area (Å²) in [6, 6.07) is 1.88. The maximum Gasteiger partial charge on any atom is 0.216 e. The number of aromatic nitrogens is 2. The number of nitrogens with zero attached hydrogens (tertiary/aromatic N) is 2. The summed E-state index contributed by atoms with van der Waals surface area (Å²) in [7, 11) is 0. The highest BCUT2D eigenvalue weighted by Crippen LogP contribution is 2.09. The van der Waals surface area contributed by atoms with Gasteiger partial charge in [0.2, 0.25) is 5.88 Å². The number of hydrogen-bond acceptors (Lipinski definition) is 3. The first-order valence-corrected chi connectivity index (χ1v) is 5.23. The molecule has 0 unspecified atom stereocenters.